The molecule has 0 fully saturated rings. The SMILES string of the molecule is Cc1ocnc1CNc1ccc(Cl)nn1. The molecule has 0 unspecified atom stereocenters. The summed E-state index contributed by atoms with van der Waals surface area (Å²) in [5, 5.41) is 11.0. The normalized spacial score (nSPS) is 10.3. The highest BCUT2D eigenvalue weighted by atomic mass is 35.5. The van der Waals surface area contributed by atoms with Crippen LogP contribution in [0.3, 0.4) is 0 Å². The van der Waals surface area contributed by atoms with Gasteiger partial charge in [-0.3, -0.25) is 0 Å². The van der Waals surface area contributed by atoms with E-state index in [0.717, 1.165) is 11.5 Å². The molecule has 15 heavy (non-hydrogen) atoms. The summed E-state index contributed by atoms with van der Waals surface area (Å²) < 4.78 is 5.06. The summed E-state index contributed by atoms with van der Waals surface area (Å²) in [7, 11) is 0. The second kappa shape index (κ2) is 4.27. The van der Waals surface area contributed by atoms with Gasteiger partial charge < -0.3 is 9.73 Å². The topological polar surface area (TPSA) is 63.8 Å². The molecule has 0 atom stereocenters. The zero-order valence-electron chi connectivity index (χ0n) is 8.07. The Bertz CT molecular complexity index is 440. The molecule has 0 aliphatic rings. The van der Waals surface area contributed by atoms with E-state index in [0.29, 0.717) is 17.5 Å². The predicted octanol–water partition coefficient (Wildman–Crippen LogP) is 2.04. The molecule has 2 heterocycles. The lowest BCUT2D eigenvalue weighted by molar-refractivity contribution is 0.524. The van der Waals surface area contributed by atoms with Crippen molar-refractivity contribution in [2.24, 2.45) is 0 Å². The van der Waals surface area contributed by atoms with Gasteiger partial charge in [-0.2, -0.15) is 0 Å². The van der Waals surface area contributed by atoms with Crippen LogP contribution in [0.5, 0.6) is 0 Å². The van der Waals surface area contributed by atoms with Crippen molar-refractivity contribution in [1.82, 2.24) is 15.2 Å². The van der Waals surface area contributed by atoms with E-state index in [1.165, 1.54) is 6.39 Å². The van der Waals surface area contributed by atoms with E-state index in [1.54, 1.807) is 12.1 Å². The highest BCUT2D eigenvalue weighted by Crippen LogP contribution is 2.09. The van der Waals surface area contributed by atoms with Crippen LogP contribution in [-0.4, -0.2) is 15.2 Å². The van der Waals surface area contributed by atoms with Gasteiger partial charge in [-0.15, -0.1) is 10.2 Å². The number of aromatic nitrogens is 3. The van der Waals surface area contributed by atoms with Gasteiger partial charge in [0.25, 0.3) is 0 Å². The van der Waals surface area contributed by atoms with Crippen molar-refractivity contribution in [3.05, 3.63) is 35.1 Å². The lowest BCUT2D eigenvalue weighted by Gasteiger charge is -2.02. The molecule has 78 valence electrons. The minimum atomic E-state index is 0.373. The molecular weight excluding hydrogens is 216 g/mol. The first-order chi connectivity index (χ1) is 7.25. The van der Waals surface area contributed by atoms with Gasteiger partial charge in [0.05, 0.1) is 6.54 Å². The zero-order chi connectivity index (χ0) is 10.7. The van der Waals surface area contributed by atoms with E-state index < -0.39 is 0 Å². The van der Waals surface area contributed by atoms with Crippen LogP contribution in [0.2, 0.25) is 5.15 Å². The van der Waals surface area contributed by atoms with Crippen LogP contribution in [0.1, 0.15) is 11.5 Å². The van der Waals surface area contributed by atoms with Crippen molar-refractivity contribution in [3.63, 3.8) is 0 Å². The van der Waals surface area contributed by atoms with Crippen LogP contribution in [0.4, 0.5) is 5.82 Å². The average Bonchev–Trinajstić information content (AvgIpc) is 2.63. The molecule has 2 rings (SSSR count). The van der Waals surface area contributed by atoms with Gasteiger partial charge >= 0.3 is 0 Å². The van der Waals surface area contributed by atoms with Crippen molar-refractivity contribution in [2.45, 2.75) is 13.5 Å². The van der Waals surface area contributed by atoms with Crippen molar-refractivity contribution in [3.8, 4) is 0 Å². The summed E-state index contributed by atoms with van der Waals surface area (Å²) in [5.41, 5.74) is 0.853. The number of oxazole rings is 1. The molecule has 5 nitrogen and oxygen atoms in total. The first kappa shape index (κ1) is 9.92. The van der Waals surface area contributed by atoms with Crippen molar-refractivity contribution in [1.29, 1.82) is 0 Å². The lowest BCUT2D eigenvalue weighted by Crippen LogP contribution is -2.03. The first-order valence-corrected chi connectivity index (χ1v) is 4.75. The van der Waals surface area contributed by atoms with E-state index in [9.17, 15) is 0 Å². The van der Waals surface area contributed by atoms with Crippen LogP contribution < -0.4 is 5.32 Å². The Hall–Kier alpha value is -1.62. The van der Waals surface area contributed by atoms with Gasteiger partial charge in [0.1, 0.15) is 17.3 Å². The molecule has 0 radical (unpaired) electrons. The Morgan fingerprint density at radius 1 is 1.40 bits per heavy atom. The third-order valence-electron chi connectivity index (χ3n) is 1.91. The Labute approximate surface area is 91.5 Å². The molecular formula is C9H9ClN4O. The third kappa shape index (κ3) is 2.44. The van der Waals surface area contributed by atoms with E-state index in [2.05, 4.69) is 20.5 Å². The van der Waals surface area contributed by atoms with E-state index in [4.69, 9.17) is 16.0 Å². The number of nitrogens with one attached hydrogen (secondary N) is 1. The van der Waals surface area contributed by atoms with Gasteiger partial charge in [0.2, 0.25) is 0 Å². The first-order valence-electron chi connectivity index (χ1n) is 4.38. The summed E-state index contributed by atoms with van der Waals surface area (Å²) in [6.45, 7) is 2.41. The van der Waals surface area contributed by atoms with E-state index >= 15 is 0 Å². The highest BCUT2D eigenvalue weighted by Gasteiger charge is 2.03. The number of hydrogen-bond acceptors (Lipinski definition) is 5. The maximum absolute atomic E-state index is 5.61. The molecule has 0 aromatic carbocycles. The lowest BCUT2D eigenvalue weighted by atomic mass is 10.3. The molecule has 0 aliphatic heterocycles. The fourth-order valence-electron chi connectivity index (χ4n) is 1.08. The Morgan fingerprint density at radius 3 is 2.87 bits per heavy atom. The standard InChI is InChI=1S/C9H9ClN4O/c1-6-7(12-5-15-6)4-11-9-3-2-8(10)13-14-9/h2-3,5H,4H2,1H3,(H,11,14). The number of rotatable bonds is 3. The van der Waals surface area contributed by atoms with Crippen molar-refractivity contribution >= 4 is 17.4 Å². The Kier molecular flexibility index (Phi) is 2.82. The van der Waals surface area contributed by atoms with E-state index in [1.807, 2.05) is 6.92 Å². The van der Waals surface area contributed by atoms with Crippen LogP contribution in [0.25, 0.3) is 0 Å². The van der Waals surface area contributed by atoms with Crippen LogP contribution >= 0.6 is 11.6 Å². The molecule has 0 saturated heterocycles. The monoisotopic (exact) mass is 224 g/mol. The fraction of sp³-hybridized carbons (Fsp3) is 0.222. The van der Waals surface area contributed by atoms with Gasteiger partial charge in [0.15, 0.2) is 11.5 Å². The summed E-state index contributed by atoms with van der Waals surface area (Å²) >= 11 is 5.61. The molecule has 0 saturated carbocycles. The molecule has 2 aromatic rings. The van der Waals surface area contributed by atoms with Gasteiger partial charge in [-0.05, 0) is 19.1 Å². The van der Waals surface area contributed by atoms with Crippen LogP contribution in [-0.2, 0) is 6.54 Å². The van der Waals surface area contributed by atoms with Gasteiger partial charge in [0, 0.05) is 0 Å². The smallest absolute Gasteiger partial charge is 0.181 e. The number of aryl methyl sites for hydroxylation is 1. The number of hydrogen-bond donors (Lipinski definition) is 1. The number of halogens is 1. The minimum absolute atomic E-state index is 0.373. The van der Waals surface area contributed by atoms with Crippen molar-refractivity contribution in [2.75, 3.05) is 5.32 Å². The Morgan fingerprint density at radius 2 is 2.27 bits per heavy atom. The van der Waals surface area contributed by atoms with Crippen LogP contribution in [0, 0.1) is 6.92 Å². The molecule has 2 aromatic heterocycles. The predicted molar refractivity (Wildman–Crippen MR) is 55.6 cm³/mol. The largest absolute Gasteiger partial charge is 0.448 e. The summed E-state index contributed by atoms with van der Waals surface area (Å²) in [5.74, 6) is 1.45. The number of nitrogens with zero attached hydrogens (tertiary/aromatic N) is 3. The van der Waals surface area contributed by atoms with Gasteiger partial charge in [-0.1, -0.05) is 11.6 Å². The summed E-state index contributed by atoms with van der Waals surface area (Å²) in [4.78, 5) is 4.04. The molecule has 0 aliphatic carbocycles. The molecule has 0 amide bonds. The maximum atomic E-state index is 5.61. The van der Waals surface area contributed by atoms with Gasteiger partial charge in [-0.25, -0.2) is 4.98 Å². The Balaban J connectivity index is 1.99. The zero-order valence-corrected chi connectivity index (χ0v) is 8.82. The third-order valence-corrected chi connectivity index (χ3v) is 2.11. The van der Waals surface area contributed by atoms with Crippen molar-refractivity contribution < 1.29 is 4.42 Å². The second-order valence-corrected chi connectivity index (χ2v) is 3.34. The molecule has 1 N–H and O–H groups in total. The van der Waals surface area contributed by atoms with E-state index in [-0.39, 0.29) is 0 Å². The quantitative estimate of drug-likeness (QED) is 0.864. The maximum Gasteiger partial charge on any atom is 0.181 e. The second-order valence-electron chi connectivity index (χ2n) is 2.95. The number of anilines is 1. The van der Waals surface area contributed by atoms with Crippen LogP contribution in [0.15, 0.2) is 22.9 Å². The molecule has 6 heteroatoms. The molecule has 0 bridgehead atoms. The summed E-state index contributed by atoms with van der Waals surface area (Å²) in [6.07, 6.45) is 1.42. The minimum Gasteiger partial charge on any atom is -0.448 e. The highest BCUT2D eigenvalue weighted by molar-refractivity contribution is 6.29. The summed E-state index contributed by atoms with van der Waals surface area (Å²) in [6, 6.07) is 3.43. The molecule has 0 spiro atoms. The fourth-order valence-corrected chi connectivity index (χ4v) is 1.18. The average molecular weight is 225 g/mol.